The van der Waals surface area contributed by atoms with Gasteiger partial charge in [0.2, 0.25) is 0 Å². The summed E-state index contributed by atoms with van der Waals surface area (Å²) in [6.07, 6.45) is 1.18. The van der Waals surface area contributed by atoms with Gasteiger partial charge in [0.05, 0.1) is 0 Å². The summed E-state index contributed by atoms with van der Waals surface area (Å²) in [5.41, 5.74) is 0.493. The molecule has 0 aliphatic heterocycles. The first-order valence-corrected chi connectivity index (χ1v) is 12.9. The topological polar surface area (TPSA) is 33.8 Å². The molecule has 0 rings (SSSR count). The molecule has 0 unspecified atom stereocenters. The minimum absolute atomic E-state index is 0.225. The van der Waals surface area contributed by atoms with E-state index in [0.29, 0.717) is 18.1 Å². The second kappa shape index (κ2) is 14.8. The maximum atomic E-state index is 3.69. The Bertz CT molecular complexity index is 440. The van der Waals surface area contributed by atoms with Crippen molar-refractivity contribution >= 4 is 0 Å². The van der Waals surface area contributed by atoms with Crippen LogP contribution in [-0.4, -0.2) is 96.3 Å². The fraction of sp³-hybridized carbons (Fsp3) is 1.00. The molecule has 0 fully saturated rings. The Hall–Kier alpha value is -0.200. The molecule has 0 aromatic carbocycles. The Morgan fingerprint density at radius 3 is 1.29 bits per heavy atom. The van der Waals surface area contributed by atoms with Crippen molar-refractivity contribution in [3.63, 3.8) is 0 Å². The zero-order chi connectivity index (χ0) is 24.2. The van der Waals surface area contributed by atoms with Crippen molar-refractivity contribution in [2.75, 3.05) is 52.4 Å². The van der Waals surface area contributed by atoms with Crippen molar-refractivity contribution in [1.82, 2.24) is 25.3 Å². The predicted octanol–water partition coefficient (Wildman–Crippen LogP) is 4.28. The van der Waals surface area contributed by atoms with Crippen molar-refractivity contribution in [3.8, 4) is 0 Å². The third-order valence-corrected chi connectivity index (χ3v) is 6.69. The van der Waals surface area contributed by atoms with E-state index >= 15 is 0 Å². The predicted molar refractivity (Wildman–Crippen MR) is 140 cm³/mol. The molecule has 5 nitrogen and oxygen atoms in total. The lowest BCUT2D eigenvalue weighted by atomic mass is 9.97. The normalized spacial score (nSPS) is 13.7. The molecule has 0 aromatic rings. The number of hydrogen-bond acceptors (Lipinski definition) is 5. The van der Waals surface area contributed by atoms with Gasteiger partial charge in [-0.3, -0.25) is 14.7 Å². The van der Waals surface area contributed by atoms with E-state index in [-0.39, 0.29) is 11.1 Å². The quantitative estimate of drug-likeness (QED) is 0.329. The highest BCUT2D eigenvalue weighted by Crippen LogP contribution is 2.20. The van der Waals surface area contributed by atoms with Crippen molar-refractivity contribution < 1.29 is 0 Å². The summed E-state index contributed by atoms with van der Waals surface area (Å²) in [4.78, 5) is 7.78. The molecule has 0 heterocycles. The lowest BCUT2D eigenvalue weighted by molar-refractivity contribution is 0.0815. The van der Waals surface area contributed by atoms with E-state index < -0.39 is 0 Å². The van der Waals surface area contributed by atoms with Gasteiger partial charge in [0.15, 0.2) is 0 Å². The highest BCUT2D eigenvalue weighted by molar-refractivity contribution is 4.83. The standard InChI is InChI=1S/C26H59N5/c1-13-26(11,12)31(24(6)7)21-17-28-15-19-29(22(2)3)18-14-27-16-20-30(23(4)5)25(8,9)10/h22-24,27-28H,13-21H2,1-12H3. The molecule has 31 heavy (non-hydrogen) atoms. The van der Waals surface area contributed by atoms with Crippen LogP contribution in [0.2, 0.25) is 0 Å². The van der Waals surface area contributed by atoms with Crippen molar-refractivity contribution in [2.45, 2.75) is 119 Å². The maximum Gasteiger partial charge on any atom is 0.0153 e. The molecule has 188 valence electrons. The van der Waals surface area contributed by atoms with Crippen LogP contribution in [-0.2, 0) is 0 Å². The van der Waals surface area contributed by atoms with Crippen molar-refractivity contribution in [3.05, 3.63) is 0 Å². The van der Waals surface area contributed by atoms with Crippen LogP contribution in [0.5, 0.6) is 0 Å². The zero-order valence-corrected chi connectivity index (χ0v) is 23.4. The molecule has 0 radical (unpaired) electrons. The number of hydrogen-bond donors (Lipinski definition) is 2. The first-order valence-electron chi connectivity index (χ1n) is 12.9. The molecule has 0 aromatic heterocycles. The molecule has 0 amide bonds. The molecule has 0 spiro atoms. The van der Waals surface area contributed by atoms with Crippen LogP contribution in [0.3, 0.4) is 0 Å². The lowest BCUT2D eigenvalue weighted by Gasteiger charge is -2.41. The van der Waals surface area contributed by atoms with Gasteiger partial charge in [0.1, 0.15) is 0 Å². The highest BCUT2D eigenvalue weighted by atomic mass is 15.2. The molecule has 0 saturated heterocycles. The van der Waals surface area contributed by atoms with E-state index in [1.165, 1.54) is 6.42 Å². The Kier molecular flexibility index (Phi) is 14.8. The fourth-order valence-electron chi connectivity index (χ4n) is 4.55. The molecule has 0 bridgehead atoms. The summed E-state index contributed by atoms with van der Waals surface area (Å²) in [7, 11) is 0. The molecular weight excluding hydrogens is 382 g/mol. The fourth-order valence-corrected chi connectivity index (χ4v) is 4.55. The number of nitrogens with zero attached hydrogens (tertiary/aromatic N) is 3. The minimum atomic E-state index is 0.225. The summed E-state index contributed by atoms with van der Waals surface area (Å²) in [5, 5.41) is 7.36. The Balaban J connectivity index is 4.23. The number of nitrogens with one attached hydrogen (secondary N) is 2. The lowest BCUT2D eigenvalue weighted by Crippen LogP contribution is -2.50. The molecule has 0 aliphatic carbocycles. The van der Waals surface area contributed by atoms with E-state index in [4.69, 9.17) is 0 Å². The average molecular weight is 442 g/mol. The van der Waals surface area contributed by atoms with E-state index in [9.17, 15) is 0 Å². The molecule has 0 aliphatic rings. The van der Waals surface area contributed by atoms with Crippen molar-refractivity contribution in [2.24, 2.45) is 0 Å². The Morgan fingerprint density at radius 2 is 0.968 bits per heavy atom. The SMILES string of the molecule is CCC(C)(C)N(CCNCCN(CCNCCN(C(C)C)C(C)(C)C)C(C)C)C(C)C. The van der Waals surface area contributed by atoms with Gasteiger partial charge in [0.25, 0.3) is 0 Å². The first-order chi connectivity index (χ1) is 14.2. The van der Waals surface area contributed by atoms with Gasteiger partial charge in [-0.2, -0.15) is 0 Å². The smallest absolute Gasteiger partial charge is 0.0153 e. The minimum Gasteiger partial charge on any atom is -0.314 e. The molecule has 0 atom stereocenters. The van der Waals surface area contributed by atoms with Crippen LogP contribution < -0.4 is 10.6 Å². The Morgan fingerprint density at radius 1 is 0.581 bits per heavy atom. The Labute approximate surface area is 196 Å². The van der Waals surface area contributed by atoms with Crippen LogP contribution in [0.1, 0.15) is 89.5 Å². The van der Waals surface area contributed by atoms with Crippen LogP contribution in [0.15, 0.2) is 0 Å². The van der Waals surface area contributed by atoms with Gasteiger partial charge in [-0.25, -0.2) is 0 Å². The molecule has 5 heteroatoms. The first kappa shape index (κ1) is 30.8. The number of rotatable bonds is 17. The second-order valence-corrected chi connectivity index (χ2v) is 11.5. The van der Waals surface area contributed by atoms with E-state index in [1.54, 1.807) is 0 Å². The summed E-state index contributed by atoms with van der Waals surface area (Å²) in [6.45, 7) is 36.4. The molecule has 2 N–H and O–H groups in total. The van der Waals surface area contributed by atoms with Crippen LogP contribution in [0.4, 0.5) is 0 Å². The highest BCUT2D eigenvalue weighted by Gasteiger charge is 2.26. The third-order valence-electron chi connectivity index (χ3n) is 6.69. The largest absolute Gasteiger partial charge is 0.314 e. The van der Waals surface area contributed by atoms with E-state index in [0.717, 1.165) is 52.4 Å². The van der Waals surface area contributed by atoms with Crippen LogP contribution in [0, 0.1) is 0 Å². The van der Waals surface area contributed by atoms with Gasteiger partial charge in [-0.15, -0.1) is 0 Å². The van der Waals surface area contributed by atoms with Gasteiger partial charge in [-0.1, -0.05) is 6.92 Å². The second-order valence-electron chi connectivity index (χ2n) is 11.5. The van der Waals surface area contributed by atoms with E-state index in [2.05, 4.69) is 108 Å². The van der Waals surface area contributed by atoms with Crippen LogP contribution >= 0.6 is 0 Å². The molecular formula is C26H59N5. The van der Waals surface area contributed by atoms with Gasteiger partial charge in [0, 0.05) is 81.6 Å². The average Bonchev–Trinajstić information content (AvgIpc) is 2.63. The van der Waals surface area contributed by atoms with E-state index in [1.807, 2.05) is 0 Å². The monoisotopic (exact) mass is 441 g/mol. The van der Waals surface area contributed by atoms with Crippen LogP contribution in [0.25, 0.3) is 0 Å². The maximum absolute atomic E-state index is 3.69. The summed E-state index contributed by atoms with van der Waals surface area (Å²) in [6, 6.07) is 1.74. The zero-order valence-electron chi connectivity index (χ0n) is 23.4. The van der Waals surface area contributed by atoms with Gasteiger partial charge < -0.3 is 10.6 Å². The third kappa shape index (κ3) is 12.6. The summed E-state index contributed by atoms with van der Waals surface area (Å²) < 4.78 is 0. The van der Waals surface area contributed by atoms with Gasteiger partial charge >= 0.3 is 0 Å². The summed E-state index contributed by atoms with van der Waals surface area (Å²) >= 11 is 0. The van der Waals surface area contributed by atoms with Crippen molar-refractivity contribution in [1.29, 1.82) is 0 Å². The van der Waals surface area contributed by atoms with Gasteiger partial charge in [-0.05, 0) is 82.6 Å². The summed E-state index contributed by atoms with van der Waals surface area (Å²) in [5.74, 6) is 0. The molecule has 0 saturated carbocycles.